The van der Waals surface area contributed by atoms with Gasteiger partial charge < -0.3 is 4.48 Å². The van der Waals surface area contributed by atoms with Gasteiger partial charge in [-0.2, -0.15) is 0 Å². The summed E-state index contributed by atoms with van der Waals surface area (Å²) >= 11 is 0. The van der Waals surface area contributed by atoms with E-state index in [4.69, 9.17) is 0 Å². The van der Waals surface area contributed by atoms with Crippen molar-refractivity contribution < 1.29 is 4.48 Å². The second-order valence-corrected chi connectivity index (χ2v) is 4.32. The molecule has 0 aromatic rings. The molecule has 0 aliphatic rings. The summed E-state index contributed by atoms with van der Waals surface area (Å²) in [5.41, 5.74) is 0. The molecule has 0 heterocycles. The maximum absolute atomic E-state index is 2.33. The molecule has 70 valence electrons. The summed E-state index contributed by atoms with van der Waals surface area (Å²) < 4.78 is 1.10. The fourth-order valence-corrected chi connectivity index (χ4v) is 0.812. The molecule has 0 saturated heterocycles. The van der Waals surface area contributed by atoms with Crippen molar-refractivity contribution in [1.82, 2.24) is 0 Å². The van der Waals surface area contributed by atoms with Gasteiger partial charge in [-0.3, -0.25) is 0 Å². The molecule has 0 saturated carbocycles. The first-order valence-electron chi connectivity index (χ1n) is 4.26. The minimum Gasteiger partial charge on any atom is -0.331 e. The van der Waals surface area contributed by atoms with Crippen molar-refractivity contribution in [2.45, 2.75) is 34.1 Å². The Morgan fingerprint density at radius 3 is 1.91 bits per heavy atom. The monoisotopic (exact) mass is 160 g/mol. The van der Waals surface area contributed by atoms with Gasteiger partial charge in [0.25, 0.3) is 0 Å². The molecular formula is C10H26N+. The zero-order valence-corrected chi connectivity index (χ0v) is 8.15. The van der Waals surface area contributed by atoms with Crippen LogP contribution < -0.4 is 0 Å². The van der Waals surface area contributed by atoms with E-state index < -0.39 is 0 Å². The third kappa shape index (κ3) is 9.96. The number of hydrogen-bond acceptors (Lipinski definition) is 0. The van der Waals surface area contributed by atoms with E-state index in [0.717, 1.165) is 10.4 Å². The van der Waals surface area contributed by atoms with Gasteiger partial charge in [0.1, 0.15) is 0 Å². The summed E-state index contributed by atoms with van der Waals surface area (Å²) in [7, 11) is 6.76. The molecule has 1 nitrogen and oxygen atoms in total. The van der Waals surface area contributed by atoms with E-state index in [0.29, 0.717) is 0 Å². The highest BCUT2D eigenvalue weighted by atomic mass is 15.3. The van der Waals surface area contributed by atoms with Crippen molar-refractivity contribution in [3.63, 3.8) is 0 Å². The van der Waals surface area contributed by atoms with Gasteiger partial charge in [0.05, 0.1) is 27.7 Å². The predicted molar refractivity (Wildman–Crippen MR) is 53.7 cm³/mol. The quantitative estimate of drug-likeness (QED) is 0.555. The zero-order chi connectivity index (χ0) is 8.20. The first-order chi connectivity index (χ1) is 4.45. The van der Waals surface area contributed by atoms with Gasteiger partial charge in [-0.1, -0.05) is 27.7 Å². The third-order valence-corrected chi connectivity index (χ3v) is 1.99. The largest absolute Gasteiger partial charge is 0.331 e. The van der Waals surface area contributed by atoms with Gasteiger partial charge in [-0.05, 0) is 12.3 Å². The summed E-state index contributed by atoms with van der Waals surface area (Å²) in [4.78, 5) is 0. The van der Waals surface area contributed by atoms with Crippen LogP contribution in [0, 0.1) is 5.92 Å². The highest BCUT2D eigenvalue weighted by molar-refractivity contribution is 4.47. The van der Waals surface area contributed by atoms with Gasteiger partial charge in [0, 0.05) is 0 Å². The van der Waals surface area contributed by atoms with Crippen LogP contribution in [0.5, 0.6) is 0 Å². The van der Waals surface area contributed by atoms with E-state index in [-0.39, 0.29) is 7.43 Å². The Labute approximate surface area is 73.0 Å². The van der Waals surface area contributed by atoms with E-state index in [1.807, 2.05) is 0 Å². The second-order valence-electron chi connectivity index (χ2n) is 4.32. The lowest BCUT2D eigenvalue weighted by Gasteiger charge is -2.25. The molecule has 1 unspecified atom stereocenters. The Bertz CT molecular complexity index is 81.4. The SMILES string of the molecule is C.CCC(C)CC[N+](C)(C)C. The fourth-order valence-electron chi connectivity index (χ4n) is 0.812. The molecular weight excluding hydrogens is 134 g/mol. The maximum Gasteiger partial charge on any atom is 0.0783 e. The topological polar surface area (TPSA) is 0 Å². The minimum absolute atomic E-state index is 0. The molecule has 0 aliphatic carbocycles. The highest BCUT2D eigenvalue weighted by Gasteiger charge is 2.08. The summed E-state index contributed by atoms with van der Waals surface area (Å²) in [6.07, 6.45) is 2.68. The average Bonchev–Trinajstić information content (AvgIpc) is 1.81. The van der Waals surface area contributed by atoms with Crippen molar-refractivity contribution in [1.29, 1.82) is 0 Å². The standard InChI is InChI=1S/C9H22N.CH4/c1-6-9(2)7-8-10(3,4)5;/h9H,6-8H2,1-5H3;1H4/q+1;. The first-order valence-corrected chi connectivity index (χ1v) is 4.26. The van der Waals surface area contributed by atoms with Gasteiger partial charge in [-0.15, -0.1) is 0 Å². The normalized spacial score (nSPS) is 13.9. The lowest BCUT2D eigenvalue weighted by atomic mass is 10.1. The van der Waals surface area contributed by atoms with Crippen LogP contribution in [0.2, 0.25) is 0 Å². The average molecular weight is 160 g/mol. The number of nitrogens with zero attached hydrogens (tertiary/aromatic N) is 1. The van der Waals surface area contributed by atoms with Crippen molar-refractivity contribution in [3.8, 4) is 0 Å². The molecule has 0 N–H and O–H groups in total. The van der Waals surface area contributed by atoms with Crippen molar-refractivity contribution in [3.05, 3.63) is 0 Å². The van der Waals surface area contributed by atoms with Crippen LogP contribution in [0.25, 0.3) is 0 Å². The summed E-state index contributed by atoms with van der Waals surface area (Å²) in [5.74, 6) is 0.900. The predicted octanol–water partition coefficient (Wildman–Crippen LogP) is 2.76. The van der Waals surface area contributed by atoms with Gasteiger partial charge in [0.2, 0.25) is 0 Å². The summed E-state index contributed by atoms with van der Waals surface area (Å²) in [6.45, 7) is 5.89. The molecule has 0 radical (unpaired) electrons. The molecule has 0 spiro atoms. The van der Waals surface area contributed by atoms with Crippen LogP contribution >= 0.6 is 0 Å². The van der Waals surface area contributed by atoms with Crippen molar-refractivity contribution >= 4 is 0 Å². The molecule has 1 heteroatoms. The van der Waals surface area contributed by atoms with E-state index in [9.17, 15) is 0 Å². The number of hydrogen-bond donors (Lipinski definition) is 0. The van der Waals surface area contributed by atoms with Crippen LogP contribution in [0.4, 0.5) is 0 Å². The second kappa shape index (κ2) is 5.59. The lowest BCUT2D eigenvalue weighted by Crippen LogP contribution is -2.35. The molecule has 0 amide bonds. The van der Waals surface area contributed by atoms with Gasteiger partial charge >= 0.3 is 0 Å². The van der Waals surface area contributed by atoms with E-state index >= 15 is 0 Å². The smallest absolute Gasteiger partial charge is 0.0783 e. The van der Waals surface area contributed by atoms with E-state index in [1.54, 1.807) is 0 Å². The first kappa shape index (κ1) is 13.5. The Kier molecular flexibility index (Phi) is 6.88. The zero-order valence-electron chi connectivity index (χ0n) is 8.15. The number of rotatable bonds is 4. The molecule has 1 atom stereocenters. The Balaban J connectivity index is 0. The fraction of sp³-hybridized carbons (Fsp3) is 1.00. The lowest BCUT2D eigenvalue weighted by molar-refractivity contribution is -0.870. The van der Waals surface area contributed by atoms with E-state index in [2.05, 4.69) is 35.0 Å². The molecule has 0 aromatic heterocycles. The minimum atomic E-state index is 0. The highest BCUT2D eigenvalue weighted by Crippen LogP contribution is 2.08. The van der Waals surface area contributed by atoms with Crippen molar-refractivity contribution in [2.24, 2.45) is 5.92 Å². The van der Waals surface area contributed by atoms with Crippen LogP contribution in [0.1, 0.15) is 34.1 Å². The van der Waals surface area contributed by atoms with Gasteiger partial charge in [-0.25, -0.2) is 0 Å². The van der Waals surface area contributed by atoms with Crippen LogP contribution in [0.15, 0.2) is 0 Å². The van der Waals surface area contributed by atoms with Crippen LogP contribution in [-0.4, -0.2) is 32.2 Å². The number of quaternary nitrogens is 1. The molecule has 0 fully saturated rings. The Morgan fingerprint density at radius 1 is 1.18 bits per heavy atom. The Hall–Kier alpha value is -0.0400. The molecule has 0 bridgehead atoms. The van der Waals surface area contributed by atoms with Crippen LogP contribution in [0.3, 0.4) is 0 Å². The summed E-state index contributed by atoms with van der Waals surface area (Å²) in [6, 6.07) is 0. The molecule has 0 aliphatic heterocycles. The van der Waals surface area contributed by atoms with E-state index in [1.165, 1.54) is 19.4 Å². The maximum atomic E-state index is 2.33. The summed E-state index contributed by atoms with van der Waals surface area (Å²) in [5, 5.41) is 0. The van der Waals surface area contributed by atoms with Gasteiger partial charge in [0.15, 0.2) is 0 Å². The molecule has 11 heavy (non-hydrogen) atoms. The molecule has 0 aromatic carbocycles. The van der Waals surface area contributed by atoms with Crippen LogP contribution in [-0.2, 0) is 0 Å². The third-order valence-electron chi connectivity index (χ3n) is 1.99. The Morgan fingerprint density at radius 2 is 1.64 bits per heavy atom. The van der Waals surface area contributed by atoms with Crippen molar-refractivity contribution in [2.75, 3.05) is 27.7 Å². The molecule has 0 rings (SSSR count).